The third-order valence-corrected chi connectivity index (χ3v) is 12.1. The van der Waals surface area contributed by atoms with Crippen LogP contribution in [-0.2, 0) is 25.6 Å². The molecule has 4 aliphatic rings. The van der Waals surface area contributed by atoms with Gasteiger partial charge in [-0.25, -0.2) is 26.9 Å². The van der Waals surface area contributed by atoms with Crippen molar-refractivity contribution in [3.8, 4) is 23.0 Å². The maximum Gasteiger partial charge on any atom is 0.258 e. The van der Waals surface area contributed by atoms with Crippen LogP contribution in [0.4, 0.5) is 27.6 Å². The predicted octanol–water partition coefficient (Wildman–Crippen LogP) is 5.62. The zero-order chi connectivity index (χ0) is 38.5. The number of imide groups is 2. The molecule has 0 unspecified atom stereocenters. The van der Waals surface area contributed by atoms with E-state index in [9.17, 15) is 42.6 Å². The summed E-state index contributed by atoms with van der Waals surface area (Å²) in [6.45, 7) is -0.0581. The average molecular weight is 782 g/mol. The molecular weight excluding hydrogens is 754 g/mol. The van der Waals surface area contributed by atoms with E-state index in [4.69, 9.17) is 32.7 Å². The molecule has 3 aromatic rings. The highest BCUT2D eigenvalue weighted by Gasteiger charge is 2.77. The Morgan fingerprint density at radius 1 is 0.792 bits per heavy atom. The normalized spacial score (nSPS) is 27.8. The Morgan fingerprint density at radius 3 is 1.92 bits per heavy atom. The van der Waals surface area contributed by atoms with Crippen molar-refractivity contribution < 1.29 is 60.8 Å². The average Bonchev–Trinajstić information content (AvgIpc) is 3.47. The third-order valence-electron chi connectivity index (χ3n) is 10.7. The van der Waals surface area contributed by atoms with Crippen molar-refractivity contribution in [2.24, 2.45) is 17.8 Å². The Labute approximate surface area is 307 Å². The molecule has 0 spiro atoms. The Bertz CT molecular complexity index is 2120. The molecule has 2 aliphatic heterocycles. The van der Waals surface area contributed by atoms with E-state index in [1.54, 1.807) is 12.1 Å². The smallest absolute Gasteiger partial charge is 0.258 e. The minimum atomic E-state index is -2.82. The number of ether oxygens (including phenoxy) is 2. The fraction of sp³-hybridized carbons (Fsp3) is 0.333. The second kappa shape index (κ2) is 12.6. The summed E-state index contributed by atoms with van der Waals surface area (Å²) in [5, 5.41) is 20.1. The number of carbonyl (C=O) groups excluding carboxylic acids is 4. The summed E-state index contributed by atoms with van der Waals surface area (Å²) < 4.78 is 84.8. The zero-order valence-electron chi connectivity index (χ0n) is 27.6. The summed E-state index contributed by atoms with van der Waals surface area (Å²) in [5.41, 5.74) is -1.13. The first-order valence-electron chi connectivity index (χ1n) is 16.1. The molecule has 10 nitrogen and oxygen atoms in total. The van der Waals surface area contributed by atoms with Crippen LogP contribution in [0.1, 0.15) is 29.9 Å². The van der Waals surface area contributed by atoms with Gasteiger partial charge in [-0.15, -0.1) is 23.2 Å². The second-order valence-electron chi connectivity index (χ2n) is 13.2. The minimum Gasteiger partial charge on any atom is -0.508 e. The van der Waals surface area contributed by atoms with Crippen LogP contribution < -0.4 is 14.4 Å². The fourth-order valence-corrected chi connectivity index (χ4v) is 9.20. The predicted molar refractivity (Wildman–Crippen MR) is 176 cm³/mol. The van der Waals surface area contributed by atoms with Crippen molar-refractivity contribution in [1.29, 1.82) is 0 Å². The number of benzene rings is 3. The second-order valence-corrected chi connectivity index (χ2v) is 14.4. The largest absolute Gasteiger partial charge is 0.508 e. The molecule has 3 fully saturated rings. The summed E-state index contributed by atoms with van der Waals surface area (Å²) in [6.07, 6.45) is 1.00. The van der Waals surface area contributed by atoms with Crippen molar-refractivity contribution in [2.75, 3.05) is 25.7 Å². The molecule has 4 amide bonds. The van der Waals surface area contributed by atoms with Gasteiger partial charge in [-0.2, -0.15) is 0 Å². The van der Waals surface area contributed by atoms with Crippen molar-refractivity contribution in [2.45, 2.75) is 34.9 Å². The van der Waals surface area contributed by atoms with Crippen molar-refractivity contribution >= 4 is 52.5 Å². The number of nitrogens with zero attached hydrogens (tertiary/aromatic N) is 2. The summed E-state index contributed by atoms with van der Waals surface area (Å²) in [4.78, 5) is 52.2. The molecule has 6 atom stereocenters. The number of alkyl halides is 2. The van der Waals surface area contributed by atoms with Crippen molar-refractivity contribution in [1.82, 2.24) is 4.90 Å². The maximum absolute atomic E-state index is 15.3. The van der Waals surface area contributed by atoms with Gasteiger partial charge in [0.2, 0.25) is 17.6 Å². The topological polar surface area (TPSA) is 134 Å². The van der Waals surface area contributed by atoms with Gasteiger partial charge >= 0.3 is 0 Å². The molecule has 278 valence electrons. The minimum absolute atomic E-state index is 0.0180. The van der Waals surface area contributed by atoms with Crippen LogP contribution in [0.2, 0.25) is 0 Å². The molecular formula is C36H27Cl2F5N2O8. The van der Waals surface area contributed by atoms with E-state index < -0.39 is 98.2 Å². The van der Waals surface area contributed by atoms with Crippen LogP contribution in [0.5, 0.6) is 23.0 Å². The van der Waals surface area contributed by atoms with E-state index in [1.165, 1.54) is 32.4 Å². The van der Waals surface area contributed by atoms with Gasteiger partial charge in [0.15, 0.2) is 33.0 Å². The van der Waals surface area contributed by atoms with Gasteiger partial charge in [-0.1, -0.05) is 23.8 Å². The molecule has 0 aromatic heterocycles. The first kappa shape index (κ1) is 36.5. The zero-order valence-corrected chi connectivity index (χ0v) is 29.1. The van der Waals surface area contributed by atoms with E-state index in [0.717, 1.165) is 17.0 Å². The lowest BCUT2D eigenvalue weighted by molar-refractivity contribution is -0.140. The SMILES string of the molecule is COc1cc(O)cc(OC)c1[C@H]1C2=CC[C@@H]3C(=O)N(CCc4ccc(O)cc4)C(=O)[C@@H]3[C@@H]2C[C@@]2(Cl)C(=O)N(c3c(F)c(F)c(F)c(F)c3F)C(=O)[C@@]12Cl. The van der Waals surface area contributed by atoms with Crippen LogP contribution in [0, 0.1) is 46.8 Å². The van der Waals surface area contributed by atoms with Gasteiger partial charge in [0.05, 0.1) is 26.1 Å². The number of amides is 4. The van der Waals surface area contributed by atoms with E-state index >= 15 is 8.78 Å². The number of hydrogen-bond acceptors (Lipinski definition) is 8. The van der Waals surface area contributed by atoms with E-state index in [1.807, 2.05) is 0 Å². The number of methoxy groups -OCH3 is 2. The lowest BCUT2D eigenvalue weighted by atomic mass is 9.56. The standard InChI is InChI=1S/C36H27Cl2F5N2O8/c1-52-20-11-16(47)12-21(53-2)23(20)24-17-7-8-18-22(32(49)44(31(18)48)10-9-14-3-5-15(46)6-4-14)19(17)13-35(37)33(50)45(34(51)36(24,35)38)30-28(42)26(40)25(39)27(41)29(30)43/h3-7,11-12,18-19,22,24,46-47H,8-10,13H2,1-2H3/t18-,19+,22-,24+,35+,36-/m0/s1. The van der Waals surface area contributed by atoms with Gasteiger partial charge in [0, 0.05) is 30.2 Å². The van der Waals surface area contributed by atoms with Gasteiger partial charge in [-0.05, 0) is 42.9 Å². The van der Waals surface area contributed by atoms with Gasteiger partial charge < -0.3 is 19.7 Å². The van der Waals surface area contributed by atoms with Crippen molar-refractivity contribution in [3.05, 3.63) is 88.3 Å². The monoisotopic (exact) mass is 780 g/mol. The Morgan fingerprint density at radius 2 is 1.36 bits per heavy atom. The van der Waals surface area contributed by atoms with Gasteiger partial charge in [-0.3, -0.25) is 24.1 Å². The molecule has 2 heterocycles. The molecule has 2 N–H and O–H groups in total. The Kier molecular flexibility index (Phi) is 8.68. The molecule has 3 aromatic carbocycles. The number of likely N-dealkylation sites (tertiary alicyclic amines) is 1. The molecule has 0 radical (unpaired) electrons. The quantitative estimate of drug-likeness (QED) is 0.0790. The van der Waals surface area contributed by atoms with Crippen LogP contribution in [0.3, 0.4) is 0 Å². The van der Waals surface area contributed by atoms with E-state index in [2.05, 4.69) is 0 Å². The lowest BCUT2D eigenvalue weighted by Gasteiger charge is -2.51. The van der Waals surface area contributed by atoms with Crippen LogP contribution >= 0.6 is 23.2 Å². The molecule has 1 saturated carbocycles. The summed E-state index contributed by atoms with van der Waals surface area (Å²) in [5.74, 6) is -22.6. The first-order chi connectivity index (χ1) is 25.0. The number of hydrogen-bond donors (Lipinski definition) is 2. The molecule has 53 heavy (non-hydrogen) atoms. The summed E-state index contributed by atoms with van der Waals surface area (Å²) >= 11 is 14.4. The number of aromatic hydroxyl groups is 2. The Balaban J connectivity index is 1.41. The molecule has 2 aliphatic carbocycles. The highest BCUT2D eigenvalue weighted by atomic mass is 35.5. The number of halogens is 7. The number of anilines is 1. The molecule has 0 bridgehead atoms. The summed E-state index contributed by atoms with van der Waals surface area (Å²) in [7, 11) is 2.37. The lowest BCUT2D eigenvalue weighted by Crippen LogP contribution is -2.60. The van der Waals surface area contributed by atoms with E-state index in [0.29, 0.717) is 5.56 Å². The van der Waals surface area contributed by atoms with Crippen LogP contribution in [-0.4, -0.2) is 69.3 Å². The third kappa shape index (κ3) is 4.95. The van der Waals surface area contributed by atoms with Gasteiger partial charge in [0.25, 0.3) is 11.8 Å². The molecule has 7 rings (SSSR count). The van der Waals surface area contributed by atoms with Gasteiger partial charge in [0.1, 0.15) is 28.7 Å². The first-order valence-corrected chi connectivity index (χ1v) is 16.8. The number of rotatable bonds is 7. The molecule has 2 saturated heterocycles. The number of fused-ring (bicyclic) bond motifs is 4. The van der Waals surface area contributed by atoms with Crippen LogP contribution in [0.15, 0.2) is 48.0 Å². The maximum atomic E-state index is 15.3. The number of carbonyl (C=O) groups is 4. The fourth-order valence-electron chi connectivity index (χ4n) is 8.28. The number of phenols is 2. The van der Waals surface area contributed by atoms with Crippen LogP contribution in [0.25, 0.3) is 0 Å². The van der Waals surface area contributed by atoms with Crippen molar-refractivity contribution in [3.63, 3.8) is 0 Å². The number of allylic oxidation sites excluding steroid dienone is 2. The number of phenolic OH excluding ortho intramolecular Hbond substituents is 2. The summed E-state index contributed by atoms with van der Waals surface area (Å²) in [6, 6.07) is 8.35. The highest BCUT2D eigenvalue weighted by Crippen LogP contribution is 2.67. The van der Waals surface area contributed by atoms with E-state index in [-0.39, 0.29) is 58.4 Å². The molecule has 17 heteroatoms. The highest BCUT2D eigenvalue weighted by molar-refractivity contribution is 6.58. The Hall–Kier alpha value is -4.89.